The summed E-state index contributed by atoms with van der Waals surface area (Å²) in [4.78, 5) is 13.4. The summed E-state index contributed by atoms with van der Waals surface area (Å²) in [6.45, 7) is 3.53. The summed E-state index contributed by atoms with van der Waals surface area (Å²) in [5, 5.41) is 9.05. The smallest absolute Gasteiger partial charge is 0.336 e. The van der Waals surface area contributed by atoms with E-state index in [9.17, 15) is 13.2 Å². The number of halogens is 1. The number of carbonyl (C=O) groups is 1. The molecule has 0 radical (unpaired) electrons. The van der Waals surface area contributed by atoms with Gasteiger partial charge in [0.1, 0.15) is 0 Å². The Morgan fingerprint density at radius 1 is 1.19 bits per heavy atom. The first-order valence-electron chi connectivity index (χ1n) is 5.93. The van der Waals surface area contributed by atoms with E-state index in [2.05, 4.69) is 20.8 Å². The van der Waals surface area contributed by atoms with Crippen LogP contribution in [-0.4, -0.2) is 24.2 Å². The number of nitrogens with one attached hydrogen (secondary N) is 1. The van der Waals surface area contributed by atoms with Crippen LogP contribution >= 0.6 is 15.9 Å². The Labute approximate surface area is 130 Å². The van der Waals surface area contributed by atoms with Crippen molar-refractivity contribution in [3.8, 4) is 0 Å². The van der Waals surface area contributed by atoms with Crippen LogP contribution in [0.2, 0.25) is 0 Å². The van der Waals surface area contributed by atoms with Crippen LogP contribution in [0.1, 0.15) is 21.7 Å². The van der Waals surface area contributed by atoms with Crippen molar-refractivity contribution in [2.24, 2.45) is 0 Å². The number of benzene rings is 1. The lowest BCUT2D eigenvalue weighted by Crippen LogP contribution is -2.25. The Kier molecular flexibility index (Phi) is 4.11. The zero-order chi connectivity index (χ0) is 15.8. The van der Waals surface area contributed by atoms with Gasteiger partial charge in [0.25, 0.3) is 10.0 Å². The van der Waals surface area contributed by atoms with Crippen LogP contribution in [0.3, 0.4) is 0 Å². The summed E-state index contributed by atoms with van der Waals surface area (Å²) in [5.74, 6) is -1.20. The third-order valence-corrected chi connectivity index (χ3v) is 4.95. The van der Waals surface area contributed by atoms with Crippen LogP contribution in [0.25, 0.3) is 0 Å². The van der Waals surface area contributed by atoms with Crippen LogP contribution in [0.5, 0.6) is 0 Å². The summed E-state index contributed by atoms with van der Waals surface area (Å²) in [7, 11) is -3.87. The number of hydrogen-bond acceptors (Lipinski definition) is 3. The van der Waals surface area contributed by atoms with Gasteiger partial charge >= 0.3 is 5.97 Å². The van der Waals surface area contributed by atoms with Gasteiger partial charge in [0.05, 0.1) is 10.5 Å². The van der Waals surface area contributed by atoms with Crippen LogP contribution in [0.15, 0.2) is 39.7 Å². The second kappa shape index (κ2) is 5.53. The molecule has 2 N–H and O–H groups in total. The quantitative estimate of drug-likeness (QED) is 0.862. The average molecular weight is 373 g/mol. The molecule has 0 unspecified atom stereocenters. The normalized spacial score (nSPS) is 11.4. The number of aromatic nitrogens is 1. The number of aryl methyl sites for hydroxylation is 2. The van der Waals surface area contributed by atoms with Gasteiger partial charge < -0.3 is 5.11 Å². The van der Waals surface area contributed by atoms with Gasteiger partial charge in [-0.05, 0) is 60.1 Å². The van der Waals surface area contributed by atoms with Crippen LogP contribution in [0.4, 0.5) is 0 Å². The van der Waals surface area contributed by atoms with Crippen molar-refractivity contribution in [3.63, 3.8) is 0 Å². The molecule has 0 atom stereocenters. The first-order chi connectivity index (χ1) is 9.72. The fourth-order valence-electron chi connectivity index (χ4n) is 1.82. The molecule has 0 aliphatic rings. The number of nitrogens with zero attached hydrogens (tertiary/aromatic N) is 1. The molecule has 0 amide bonds. The van der Waals surface area contributed by atoms with Gasteiger partial charge in [0, 0.05) is 15.9 Å². The lowest BCUT2D eigenvalue weighted by molar-refractivity contribution is 0.0695. The molecule has 0 saturated heterocycles. The van der Waals surface area contributed by atoms with Crippen molar-refractivity contribution in [2.45, 2.75) is 18.7 Å². The molecule has 0 aliphatic carbocycles. The number of aromatic carboxylic acids is 1. The van der Waals surface area contributed by atoms with E-state index < -0.39 is 16.0 Å². The van der Waals surface area contributed by atoms with Crippen molar-refractivity contribution in [3.05, 3.63) is 51.8 Å². The molecular formula is C13H13BrN2O4S. The van der Waals surface area contributed by atoms with Gasteiger partial charge in [0.2, 0.25) is 0 Å². The third-order valence-electron chi connectivity index (χ3n) is 2.96. The number of hydrogen-bond donors (Lipinski definition) is 2. The number of sulfonamides is 1. The minimum absolute atomic E-state index is 0.112. The molecule has 2 aromatic rings. The molecule has 0 spiro atoms. The molecular weight excluding hydrogens is 360 g/mol. The molecule has 112 valence electrons. The molecule has 0 fully saturated rings. The Morgan fingerprint density at radius 2 is 1.76 bits per heavy atom. The topological polar surface area (TPSA) is 88.4 Å². The second-order valence-electron chi connectivity index (χ2n) is 4.49. The summed E-state index contributed by atoms with van der Waals surface area (Å²) in [6.07, 6.45) is 0. The third kappa shape index (κ3) is 3.11. The molecule has 8 heteroatoms. The van der Waals surface area contributed by atoms with Gasteiger partial charge in [-0.3, -0.25) is 4.68 Å². The van der Waals surface area contributed by atoms with E-state index in [-0.39, 0.29) is 10.5 Å². The Bertz CT molecular complexity index is 792. The predicted molar refractivity (Wildman–Crippen MR) is 81.6 cm³/mol. The van der Waals surface area contributed by atoms with Gasteiger partial charge in [-0.15, -0.1) is 0 Å². The van der Waals surface area contributed by atoms with Crippen molar-refractivity contribution in [1.82, 2.24) is 4.68 Å². The van der Waals surface area contributed by atoms with E-state index >= 15 is 0 Å². The molecule has 0 saturated carbocycles. The van der Waals surface area contributed by atoms with E-state index in [1.807, 2.05) is 0 Å². The zero-order valence-corrected chi connectivity index (χ0v) is 13.7. The van der Waals surface area contributed by atoms with E-state index in [1.165, 1.54) is 16.8 Å². The van der Waals surface area contributed by atoms with Crippen LogP contribution in [0, 0.1) is 13.8 Å². The fraction of sp³-hybridized carbons (Fsp3) is 0.154. The molecule has 0 aliphatic heterocycles. The maximum atomic E-state index is 12.3. The highest BCUT2D eigenvalue weighted by molar-refractivity contribution is 9.10. The lowest BCUT2D eigenvalue weighted by Gasteiger charge is -2.13. The van der Waals surface area contributed by atoms with Gasteiger partial charge in [-0.25, -0.2) is 9.63 Å². The minimum atomic E-state index is -3.87. The molecule has 1 heterocycles. The van der Waals surface area contributed by atoms with Crippen molar-refractivity contribution in [2.75, 3.05) is 4.83 Å². The van der Waals surface area contributed by atoms with Gasteiger partial charge in [-0.1, -0.05) is 0 Å². The zero-order valence-electron chi connectivity index (χ0n) is 11.3. The fourth-order valence-corrected chi connectivity index (χ4v) is 3.39. The number of carboxylic acids is 1. The summed E-state index contributed by atoms with van der Waals surface area (Å²) >= 11 is 3.08. The van der Waals surface area contributed by atoms with Crippen LogP contribution < -0.4 is 4.83 Å². The summed E-state index contributed by atoms with van der Waals surface area (Å²) in [6, 6.07) is 7.41. The molecule has 2 rings (SSSR count). The molecule has 6 nitrogen and oxygen atoms in total. The van der Waals surface area contributed by atoms with Gasteiger partial charge in [-0.2, -0.15) is 8.42 Å². The van der Waals surface area contributed by atoms with E-state index in [4.69, 9.17) is 5.11 Å². The van der Waals surface area contributed by atoms with E-state index in [0.717, 1.165) is 17.5 Å². The number of rotatable bonds is 4. The first kappa shape index (κ1) is 15.6. The van der Waals surface area contributed by atoms with Gasteiger partial charge in [0.15, 0.2) is 0 Å². The van der Waals surface area contributed by atoms with Crippen molar-refractivity contribution < 1.29 is 18.3 Å². The molecule has 21 heavy (non-hydrogen) atoms. The largest absolute Gasteiger partial charge is 0.478 e. The van der Waals surface area contributed by atoms with E-state index in [0.29, 0.717) is 4.47 Å². The van der Waals surface area contributed by atoms with Crippen LogP contribution in [-0.2, 0) is 10.0 Å². The maximum absolute atomic E-state index is 12.3. The van der Waals surface area contributed by atoms with Crippen molar-refractivity contribution >= 4 is 31.9 Å². The summed E-state index contributed by atoms with van der Waals surface area (Å²) in [5.41, 5.74) is 1.34. The number of carboxylic acid groups (broad SMARTS) is 1. The predicted octanol–water partition coefficient (Wildman–Crippen LogP) is 2.50. The highest BCUT2D eigenvalue weighted by Gasteiger charge is 2.19. The highest BCUT2D eigenvalue weighted by atomic mass is 79.9. The molecule has 0 bridgehead atoms. The first-order valence-corrected chi connectivity index (χ1v) is 8.20. The standard InChI is InChI=1S/C13H13BrN2O4S/c1-8-3-4-9(2)16(8)15-21(19,20)10-5-6-12(14)11(7-10)13(17)18/h3-7,15H,1-2H3,(H,17,18). The highest BCUT2D eigenvalue weighted by Crippen LogP contribution is 2.21. The second-order valence-corrected chi connectivity index (χ2v) is 7.01. The molecule has 1 aromatic heterocycles. The van der Waals surface area contributed by atoms with E-state index in [1.54, 1.807) is 26.0 Å². The Morgan fingerprint density at radius 3 is 2.29 bits per heavy atom. The van der Waals surface area contributed by atoms with Crippen molar-refractivity contribution in [1.29, 1.82) is 0 Å². The maximum Gasteiger partial charge on any atom is 0.336 e. The SMILES string of the molecule is Cc1ccc(C)n1NS(=O)(=O)c1ccc(Br)c(C(=O)O)c1. The summed E-state index contributed by atoms with van der Waals surface area (Å²) < 4.78 is 26.4. The lowest BCUT2D eigenvalue weighted by atomic mass is 10.2. The monoisotopic (exact) mass is 372 g/mol. The Hall–Kier alpha value is -1.80. The molecule has 1 aromatic carbocycles. The average Bonchev–Trinajstić information content (AvgIpc) is 2.70. The minimum Gasteiger partial charge on any atom is -0.478 e. The Balaban J connectivity index is 2.45.